The van der Waals surface area contributed by atoms with Crippen LogP contribution in [0.4, 0.5) is 20.3 Å². The van der Waals surface area contributed by atoms with Gasteiger partial charge in [0, 0.05) is 30.5 Å². The Labute approximate surface area is 189 Å². The number of carbonyl (C=O) groups is 1. The number of nitrogens with one attached hydrogen (secondary N) is 1. The van der Waals surface area contributed by atoms with E-state index in [1.54, 1.807) is 41.1 Å². The first kappa shape index (κ1) is 21.1. The lowest BCUT2D eigenvalue weighted by Gasteiger charge is -2.27. The van der Waals surface area contributed by atoms with Crippen LogP contribution in [0.15, 0.2) is 66.9 Å². The Kier molecular flexibility index (Phi) is 5.75. The van der Waals surface area contributed by atoms with Crippen LogP contribution in [-0.4, -0.2) is 41.8 Å². The van der Waals surface area contributed by atoms with E-state index in [9.17, 15) is 13.6 Å². The molecule has 6 nitrogen and oxygen atoms in total. The summed E-state index contributed by atoms with van der Waals surface area (Å²) >= 11 is 0. The highest BCUT2D eigenvalue weighted by Crippen LogP contribution is 2.24. The molecule has 2 aromatic heterocycles. The molecular weight excluding hydrogens is 426 g/mol. The molecule has 0 atom stereocenters. The van der Waals surface area contributed by atoms with Gasteiger partial charge in [0.25, 0.3) is 5.91 Å². The molecule has 2 aromatic carbocycles. The van der Waals surface area contributed by atoms with Crippen LogP contribution < -0.4 is 10.2 Å². The van der Waals surface area contributed by atoms with Gasteiger partial charge in [0.05, 0.1) is 25.1 Å². The highest BCUT2D eigenvalue weighted by atomic mass is 19.1. The van der Waals surface area contributed by atoms with Crippen molar-refractivity contribution in [2.75, 3.05) is 36.5 Å². The summed E-state index contributed by atoms with van der Waals surface area (Å²) in [6.07, 6.45) is 1.61. The van der Waals surface area contributed by atoms with E-state index in [2.05, 4.69) is 15.2 Å². The summed E-state index contributed by atoms with van der Waals surface area (Å²) in [5.74, 6) is -0.274. The highest BCUT2D eigenvalue weighted by molar-refractivity contribution is 6.06. The molecule has 0 bridgehead atoms. The van der Waals surface area contributed by atoms with Gasteiger partial charge in [-0.15, -0.1) is 0 Å². The number of amides is 1. The van der Waals surface area contributed by atoms with E-state index in [0.717, 1.165) is 18.9 Å². The lowest BCUT2D eigenvalue weighted by Crippen LogP contribution is -2.36. The summed E-state index contributed by atoms with van der Waals surface area (Å²) in [5, 5.41) is 3.46. The summed E-state index contributed by atoms with van der Waals surface area (Å²) in [5.41, 5.74) is 2.27. The average molecular weight is 448 g/mol. The second-order valence-corrected chi connectivity index (χ2v) is 7.91. The maximum absolute atomic E-state index is 13.8. The van der Waals surface area contributed by atoms with Crippen LogP contribution in [0.25, 0.3) is 10.9 Å². The molecule has 1 aliphatic heterocycles. The number of anilines is 2. The first-order chi connectivity index (χ1) is 16.1. The second-order valence-electron chi connectivity index (χ2n) is 7.91. The van der Waals surface area contributed by atoms with Gasteiger partial charge in [-0.05, 0) is 54.1 Å². The third-order valence-electron chi connectivity index (χ3n) is 5.67. The number of carbonyl (C=O) groups excluding carboxylic acids is 1. The van der Waals surface area contributed by atoms with E-state index in [1.165, 1.54) is 24.3 Å². The van der Waals surface area contributed by atoms with E-state index in [1.807, 2.05) is 6.07 Å². The average Bonchev–Trinajstić information content (AvgIpc) is 3.17. The van der Waals surface area contributed by atoms with Gasteiger partial charge in [0.15, 0.2) is 0 Å². The maximum Gasteiger partial charge on any atom is 0.272 e. The van der Waals surface area contributed by atoms with Gasteiger partial charge in [-0.1, -0.05) is 12.1 Å². The Morgan fingerprint density at radius 3 is 2.58 bits per heavy atom. The van der Waals surface area contributed by atoms with Crippen LogP contribution in [-0.2, 0) is 11.3 Å². The molecule has 1 saturated heterocycles. The van der Waals surface area contributed by atoms with Crippen molar-refractivity contribution in [1.29, 1.82) is 0 Å². The highest BCUT2D eigenvalue weighted by Gasteiger charge is 2.18. The van der Waals surface area contributed by atoms with Gasteiger partial charge in [0.2, 0.25) is 0 Å². The van der Waals surface area contributed by atoms with E-state index >= 15 is 0 Å². The second kappa shape index (κ2) is 8.99. The Morgan fingerprint density at radius 2 is 1.82 bits per heavy atom. The Balaban J connectivity index is 1.42. The van der Waals surface area contributed by atoms with Gasteiger partial charge < -0.3 is 19.5 Å². The molecule has 3 heterocycles. The minimum Gasteiger partial charge on any atom is -0.378 e. The Bertz CT molecular complexity index is 1300. The molecule has 33 heavy (non-hydrogen) atoms. The van der Waals surface area contributed by atoms with E-state index in [-0.39, 0.29) is 24.1 Å². The number of hydrogen-bond donors (Lipinski definition) is 1. The quantitative estimate of drug-likeness (QED) is 0.490. The molecular formula is C25H22F2N4O2. The molecule has 1 fully saturated rings. The lowest BCUT2D eigenvalue weighted by molar-refractivity contribution is 0.101. The number of pyridine rings is 1. The first-order valence-corrected chi connectivity index (χ1v) is 10.7. The molecule has 1 N–H and O–H groups in total. The van der Waals surface area contributed by atoms with Crippen molar-refractivity contribution in [3.05, 3.63) is 89.8 Å². The van der Waals surface area contributed by atoms with Gasteiger partial charge in [-0.25, -0.2) is 13.8 Å². The molecule has 168 valence electrons. The number of rotatable bonds is 5. The van der Waals surface area contributed by atoms with Gasteiger partial charge in [0.1, 0.15) is 23.1 Å². The molecule has 0 radical (unpaired) electrons. The van der Waals surface area contributed by atoms with E-state index in [4.69, 9.17) is 4.74 Å². The number of aromatic nitrogens is 2. The standard InChI is InChI=1S/C25H22F2N4O2/c26-19-3-1-2-17(12-19)16-31-22-6-4-20(27)13-18(22)14-23(31)25(32)29-21-5-7-24(28-15-21)30-8-10-33-11-9-30/h1-7,12-15H,8-11,16H2,(H,29,32). The maximum atomic E-state index is 13.8. The van der Waals surface area contributed by atoms with E-state index < -0.39 is 0 Å². The zero-order valence-electron chi connectivity index (χ0n) is 17.8. The Morgan fingerprint density at radius 1 is 1.00 bits per heavy atom. The monoisotopic (exact) mass is 448 g/mol. The van der Waals surface area contributed by atoms with Crippen molar-refractivity contribution >= 4 is 28.3 Å². The summed E-state index contributed by atoms with van der Waals surface area (Å²) in [6, 6.07) is 15.9. The largest absolute Gasteiger partial charge is 0.378 e. The lowest BCUT2D eigenvalue weighted by atomic mass is 10.2. The van der Waals surface area contributed by atoms with Crippen LogP contribution in [0.5, 0.6) is 0 Å². The summed E-state index contributed by atoms with van der Waals surface area (Å²) in [6.45, 7) is 3.14. The van der Waals surface area contributed by atoms with Crippen LogP contribution in [0, 0.1) is 11.6 Å². The topological polar surface area (TPSA) is 59.4 Å². The SMILES string of the molecule is O=C(Nc1ccc(N2CCOCC2)nc1)c1cc2cc(F)ccc2n1Cc1cccc(F)c1. The number of ether oxygens (including phenoxy) is 1. The van der Waals surface area contributed by atoms with Crippen molar-refractivity contribution in [2.45, 2.75) is 6.54 Å². The van der Waals surface area contributed by atoms with Crippen molar-refractivity contribution in [2.24, 2.45) is 0 Å². The van der Waals surface area contributed by atoms with Crippen LogP contribution in [0.3, 0.4) is 0 Å². The first-order valence-electron chi connectivity index (χ1n) is 10.7. The molecule has 8 heteroatoms. The normalized spacial score (nSPS) is 13.9. The van der Waals surface area contributed by atoms with Gasteiger partial charge in [-0.2, -0.15) is 0 Å². The molecule has 4 aromatic rings. The molecule has 1 amide bonds. The fourth-order valence-electron chi connectivity index (χ4n) is 4.05. The minimum absolute atomic E-state index is 0.268. The van der Waals surface area contributed by atoms with Gasteiger partial charge in [-0.3, -0.25) is 4.79 Å². The number of morpholine rings is 1. The number of nitrogens with zero attached hydrogens (tertiary/aromatic N) is 3. The zero-order chi connectivity index (χ0) is 22.8. The summed E-state index contributed by atoms with van der Waals surface area (Å²) < 4.78 is 34.7. The Hall–Kier alpha value is -3.78. The minimum atomic E-state index is -0.389. The molecule has 5 rings (SSSR count). The van der Waals surface area contributed by atoms with Crippen molar-refractivity contribution in [3.8, 4) is 0 Å². The van der Waals surface area contributed by atoms with Crippen LogP contribution >= 0.6 is 0 Å². The number of benzene rings is 2. The van der Waals surface area contributed by atoms with Gasteiger partial charge >= 0.3 is 0 Å². The van der Waals surface area contributed by atoms with Crippen molar-refractivity contribution in [3.63, 3.8) is 0 Å². The van der Waals surface area contributed by atoms with Crippen molar-refractivity contribution in [1.82, 2.24) is 9.55 Å². The van der Waals surface area contributed by atoms with E-state index in [0.29, 0.717) is 41.1 Å². The number of halogens is 2. The summed E-state index contributed by atoms with van der Waals surface area (Å²) in [7, 11) is 0. The van der Waals surface area contributed by atoms with Crippen LogP contribution in [0.2, 0.25) is 0 Å². The number of fused-ring (bicyclic) bond motifs is 1. The third-order valence-corrected chi connectivity index (χ3v) is 5.67. The predicted molar refractivity (Wildman–Crippen MR) is 123 cm³/mol. The smallest absolute Gasteiger partial charge is 0.272 e. The molecule has 0 aliphatic carbocycles. The zero-order valence-corrected chi connectivity index (χ0v) is 17.8. The summed E-state index contributed by atoms with van der Waals surface area (Å²) in [4.78, 5) is 19.8. The molecule has 0 spiro atoms. The van der Waals surface area contributed by atoms with Crippen LogP contribution in [0.1, 0.15) is 16.1 Å². The molecule has 0 unspecified atom stereocenters. The fourth-order valence-corrected chi connectivity index (χ4v) is 4.05. The third kappa shape index (κ3) is 4.56. The van der Waals surface area contributed by atoms with Crippen molar-refractivity contribution < 1.29 is 18.3 Å². The molecule has 0 saturated carbocycles. The molecule has 1 aliphatic rings. The number of hydrogen-bond acceptors (Lipinski definition) is 4. The fraction of sp³-hybridized carbons (Fsp3) is 0.200. The predicted octanol–water partition coefficient (Wildman–Crippen LogP) is 4.45.